The molecular formula is C14H19N5O. The van der Waals surface area contributed by atoms with Crippen molar-refractivity contribution in [2.45, 2.75) is 13.5 Å². The van der Waals surface area contributed by atoms with Gasteiger partial charge in [0.25, 0.3) is 5.91 Å². The third-order valence-electron chi connectivity index (χ3n) is 2.90. The molecule has 0 spiro atoms. The molecule has 1 aromatic carbocycles. The fourth-order valence-electron chi connectivity index (χ4n) is 1.91. The Morgan fingerprint density at radius 2 is 2.15 bits per heavy atom. The van der Waals surface area contributed by atoms with Crippen LogP contribution in [0, 0.1) is 0 Å². The van der Waals surface area contributed by atoms with E-state index >= 15 is 0 Å². The summed E-state index contributed by atoms with van der Waals surface area (Å²) in [6.45, 7) is 4.86. The van der Waals surface area contributed by atoms with Crippen LogP contribution in [0.5, 0.6) is 0 Å². The number of rotatable bonds is 7. The van der Waals surface area contributed by atoms with Gasteiger partial charge in [0, 0.05) is 18.7 Å². The van der Waals surface area contributed by atoms with Gasteiger partial charge in [0.1, 0.15) is 12.7 Å². The highest BCUT2D eigenvalue weighted by Gasteiger charge is 2.10. The maximum atomic E-state index is 12.2. The van der Waals surface area contributed by atoms with E-state index in [0.717, 1.165) is 18.7 Å². The normalized spacial score (nSPS) is 10.4. The van der Waals surface area contributed by atoms with Crippen molar-refractivity contribution in [1.82, 2.24) is 25.4 Å². The van der Waals surface area contributed by atoms with Crippen LogP contribution in [-0.4, -0.2) is 40.3 Å². The Kier molecular flexibility index (Phi) is 5.25. The zero-order valence-corrected chi connectivity index (χ0v) is 11.5. The summed E-state index contributed by atoms with van der Waals surface area (Å²) in [5, 5.41) is 10.1. The second kappa shape index (κ2) is 7.40. The van der Waals surface area contributed by atoms with Crippen LogP contribution in [0.2, 0.25) is 0 Å². The molecule has 6 nitrogen and oxygen atoms in total. The van der Waals surface area contributed by atoms with Crippen molar-refractivity contribution in [3.8, 4) is 0 Å². The summed E-state index contributed by atoms with van der Waals surface area (Å²) in [6.07, 6.45) is 3.12. The first-order valence-electron chi connectivity index (χ1n) is 6.70. The summed E-state index contributed by atoms with van der Waals surface area (Å²) >= 11 is 0. The lowest BCUT2D eigenvalue weighted by atomic mass is 10.1. The fourth-order valence-corrected chi connectivity index (χ4v) is 1.91. The Morgan fingerprint density at radius 3 is 2.90 bits per heavy atom. The number of benzene rings is 1. The summed E-state index contributed by atoms with van der Waals surface area (Å²) < 4.78 is 1.70. The average Bonchev–Trinajstić information content (AvgIpc) is 2.97. The largest absolute Gasteiger partial charge is 0.351 e. The van der Waals surface area contributed by atoms with Crippen molar-refractivity contribution in [3.05, 3.63) is 48.0 Å². The monoisotopic (exact) mass is 273 g/mol. The van der Waals surface area contributed by atoms with E-state index < -0.39 is 0 Å². The molecule has 0 bridgehead atoms. The van der Waals surface area contributed by atoms with E-state index in [1.165, 1.54) is 6.33 Å². The minimum absolute atomic E-state index is 0.0568. The molecule has 1 heterocycles. The topological polar surface area (TPSA) is 71.8 Å². The van der Waals surface area contributed by atoms with Gasteiger partial charge in [-0.1, -0.05) is 25.1 Å². The van der Waals surface area contributed by atoms with E-state index in [4.69, 9.17) is 0 Å². The molecule has 0 aliphatic rings. The first kappa shape index (κ1) is 14.2. The molecule has 106 valence electrons. The number of carbonyl (C=O) groups excluding carboxylic acids is 1. The van der Waals surface area contributed by atoms with Crippen LogP contribution in [0.1, 0.15) is 22.8 Å². The molecular weight excluding hydrogens is 254 g/mol. The van der Waals surface area contributed by atoms with E-state index in [-0.39, 0.29) is 5.91 Å². The van der Waals surface area contributed by atoms with Crippen LogP contribution in [0.15, 0.2) is 36.9 Å². The maximum absolute atomic E-state index is 12.2. The van der Waals surface area contributed by atoms with Gasteiger partial charge in [0.05, 0.1) is 6.54 Å². The molecule has 0 unspecified atom stereocenters. The number of aromatic nitrogens is 3. The van der Waals surface area contributed by atoms with Gasteiger partial charge in [-0.05, 0) is 18.2 Å². The second-order valence-corrected chi connectivity index (χ2v) is 4.36. The zero-order valence-electron chi connectivity index (χ0n) is 11.5. The summed E-state index contributed by atoms with van der Waals surface area (Å²) in [4.78, 5) is 16.1. The van der Waals surface area contributed by atoms with Gasteiger partial charge in [0.15, 0.2) is 0 Å². The Hall–Kier alpha value is -2.21. The van der Waals surface area contributed by atoms with Crippen LogP contribution in [0.3, 0.4) is 0 Å². The highest BCUT2D eigenvalue weighted by molar-refractivity contribution is 5.95. The molecule has 0 radical (unpaired) electrons. The first-order chi connectivity index (χ1) is 9.81. The van der Waals surface area contributed by atoms with E-state index in [9.17, 15) is 4.79 Å². The predicted molar refractivity (Wildman–Crippen MR) is 76.4 cm³/mol. The SMILES string of the molecule is CCNCCNC(=O)c1ccccc1Cn1cncn1. The zero-order chi connectivity index (χ0) is 14.2. The summed E-state index contributed by atoms with van der Waals surface area (Å²) in [5.41, 5.74) is 1.61. The lowest BCUT2D eigenvalue weighted by molar-refractivity contribution is 0.0953. The lowest BCUT2D eigenvalue weighted by Gasteiger charge is -2.10. The molecule has 0 fully saturated rings. The summed E-state index contributed by atoms with van der Waals surface area (Å²) in [7, 11) is 0. The molecule has 0 atom stereocenters. The predicted octanol–water partition coefficient (Wildman–Crippen LogP) is 0.666. The smallest absolute Gasteiger partial charge is 0.251 e. The van der Waals surface area contributed by atoms with E-state index in [1.54, 1.807) is 11.0 Å². The number of hydrogen-bond acceptors (Lipinski definition) is 4. The number of amides is 1. The van der Waals surface area contributed by atoms with Crippen molar-refractivity contribution in [2.24, 2.45) is 0 Å². The average molecular weight is 273 g/mol. The Bertz CT molecular complexity index is 538. The first-order valence-corrected chi connectivity index (χ1v) is 6.70. The maximum Gasteiger partial charge on any atom is 0.251 e. The van der Waals surface area contributed by atoms with Gasteiger partial charge >= 0.3 is 0 Å². The van der Waals surface area contributed by atoms with Gasteiger partial charge in [-0.3, -0.25) is 4.79 Å². The Morgan fingerprint density at radius 1 is 1.30 bits per heavy atom. The van der Waals surface area contributed by atoms with E-state index in [1.807, 2.05) is 31.2 Å². The van der Waals surface area contributed by atoms with Crippen molar-refractivity contribution in [2.75, 3.05) is 19.6 Å². The second-order valence-electron chi connectivity index (χ2n) is 4.36. The third kappa shape index (κ3) is 3.89. The molecule has 20 heavy (non-hydrogen) atoms. The van der Waals surface area contributed by atoms with Gasteiger partial charge in [-0.25, -0.2) is 9.67 Å². The molecule has 1 amide bonds. The molecule has 2 aromatic rings. The van der Waals surface area contributed by atoms with Gasteiger partial charge in [-0.15, -0.1) is 0 Å². The minimum atomic E-state index is -0.0568. The molecule has 1 aromatic heterocycles. The number of carbonyl (C=O) groups is 1. The van der Waals surface area contributed by atoms with Crippen molar-refractivity contribution < 1.29 is 4.79 Å². The molecule has 0 aliphatic carbocycles. The number of nitrogens with one attached hydrogen (secondary N) is 2. The highest BCUT2D eigenvalue weighted by atomic mass is 16.1. The molecule has 0 saturated carbocycles. The van der Waals surface area contributed by atoms with Crippen LogP contribution < -0.4 is 10.6 Å². The van der Waals surface area contributed by atoms with E-state index in [0.29, 0.717) is 18.7 Å². The minimum Gasteiger partial charge on any atom is -0.351 e. The van der Waals surface area contributed by atoms with Crippen LogP contribution in [0.25, 0.3) is 0 Å². The van der Waals surface area contributed by atoms with Gasteiger partial charge in [-0.2, -0.15) is 5.10 Å². The Balaban J connectivity index is 2.01. The summed E-state index contributed by atoms with van der Waals surface area (Å²) in [5.74, 6) is -0.0568. The number of hydrogen-bond donors (Lipinski definition) is 2. The van der Waals surface area contributed by atoms with Crippen molar-refractivity contribution in [1.29, 1.82) is 0 Å². The standard InChI is InChI=1S/C14H19N5O/c1-2-15-7-8-17-14(20)13-6-4-3-5-12(13)9-19-11-16-10-18-19/h3-6,10-11,15H,2,7-9H2,1H3,(H,17,20). The summed E-state index contributed by atoms with van der Waals surface area (Å²) in [6, 6.07) is 7.54. The van der Waals surface area contributed by atoms with Crippen molar-refractivity contribution in [3.63, 3.8) is 0 Å². The number of likely N-dealkylation sites (N-methyl/N-ethyl adjacent to an activating group) is 1. The molecule has 0 aliphatic heterocycles. The quantitative estimate of drug-likeness (QED) is 0.727. The van der Waals surface area contributed by atoms with Crippen molar-refractivity contribution >= 4 is 5.91 Å². The lowest BCUT2D eigenvalue weighted by Crippen LogP contribution is -2.32. The highest BCUT2D eigenvalue weighted by Crippen LogP contribution is 2.10. The molecule has 6 heteroatoms. The van der Waals surface area contributed by atoms with E-state index in [2.05, 4.69) is 20.7 Å². The number of nitrogens with zero attached hydrogens (tertiary/aromatic N) is 3. The van der Waals surface area contributed by atoms with Gasteiger partial charge < -0.3 is 10.6 Å². The Labute approximate surface area is 118 Å². The van der Waals surface area contributed by atoms with Crippen LogP contribution >= 0.6 is 0 Å². The van der Waals surface area contributed by atoms with Crippen LogP contribution in [0.4, 0.5) is 0 Å². The molecule has 2 N–H and O–H groups in total. The third-order valence-corrected chi connectivity index (χ3v) is 2.90. The van der Waals surface area contributed by atoms with Gasteiger partial charge in [0.2, 0.25) is 0 Å². The fraction of sp³-hybridized carbons (Fsp3) is 0.357. The molecule has 0 saturated heterocycles. The molecule has 2 rings (SSSR count). The van der Waals surface area contributed by atoms with Crippen LogP contribution in [-0.2, 0) is 6.54 Å².